The molecule has 0 atom stereocenters. The maximum atomic E-state index is 11.6. The van der Waals surface area contributed by atoms with E-state index in [2.05, 4.69) is 0 Å². The Hall–Kier alpha value is -0.523. The third kappa shape index (κ3) is 4.36. The van der Waals surface area contributed by atoms with E-state index in [1.54, 1.807) is 0 Å². The van der Waals surface area contributed by atoms with Crippen LogP contribution in [0.5, 0.6) is 0 Å². The predicted octanol–water partition coefficient (Wildman–Crippen LogP) is 0.851. The molecule has 2 nitrogen and oxygen atoms in total. The van der Waals surface area contributed by atoms with E-state index in [0.717, 1.165) is 14.0 Å². The van der Waals surface area contributed by atoms with Crippen molar-refractivity contribution in [3.05, 3.63) is 0 Å². The normalized spacial score (nSPS) is 11.3. The quantitative estimate of drug-likeness (QED) is 0.445. The van der Waals surface area contributed by atoms with Gasteiger partial charge < -0.3 is 4.90 Å². The number of amides is 1. The topological polar surface area (TPSA) is 20.3 Å². The van der Waals surface area contributed by atoms with Crippen LogP contribution in [-0.4, -0.2) is 33.1 Å². The molecule has 0 saturated carbocycles. The highest BCUT2D eigenvalue weighted by atomic mass is 28.5. The van der Waals surface area contributed by atoms with Gasteiger partial charge in [0.15, 0.2) is 0 Å². The second kappa shape index (κ2) is 3.04. The number of halogens is 3. The summed E-state index contributed by atoms with van der Waals surface area (Å²) in [4.78, 5) is 10.9. The zero-order chi connectivity index (χ0) is 8.36. The van der Waals surface area contributed by atoms with Gasteiger partial charge in [0.2, 0.25) is 5.91 Å². The van der Waals surface area contributed by atoms with Crippen LogP contribution >= 0.6 is 0 Å². The minimum Gasteiger partial charge on any atom is -0.341 e. The number of carbonyl (C=O) groups excluding carboxylic acids is 1. The largest absolute Gasteiger partial charge is 0.636 e. The number of hydrogen-bond acceptors (Lipinski definition) is 1. The molecule has 0 fully saturated rings. The number of hydrogen-bond donors (Lipinski definition) is 0. The van der Waals surface area contributed by atoms with Crippen LogP contribution in [0.2, 0.25) is 0 Å². The average Bonchev–Trinajstić information content (AvgIpc) is 1.60. The van der Waals surface area contributed by atoms with Crippen molar-refractivity contribution in [3.63, 3.8) is 0 Å². The van der Waals surface area contributed by atoms with Gasteiger partial charge in [-0.1, -0.05) is 0 Å². The van der Waals surface area contributed by atoms with Crippen molar-refractivity contribution in [2.24, 2.45) is 0 Å². The van der Waals surface area contributed by atoms with Gasteiger partial charge in [-0.05, 0) is 0 Å². The summed E-state index contributed by atoms with van der Waals surface area (Å²) in [6.07, 6.45) is -1.04. The zero-order valence-electron chi connectivity index (χ0n) is 5.70. The first-order valence-corrected chi connectivity index (χ1v) is 4.45. The summed E-state index contributed by atoms with van der Waals surface area (Å²) in [5.74, 6) is -0.551. The Morgan fingerprint density at radius 2 is 1.90 bits per heavy atom. The van der Waals surface area contributed by atoms with E-state index in [1.165, 1.54) is 0 Å². The first-order valence-electron chi connectivity index (χ1n) is 2.61. The fourth-order valence-electron chi connectivity index (χ4n) is 0.380. The van der Waals surface area contributed by atoms with E-state index < -0.39 is 21.2 Å². The SMILES string of the molecule is CC(=O)N(C)C[Si](F)(F)F. The molecule has 0 saturated heterocycles. The second-order valence-electron chi connectivity index (χ2n) is 1.99. The van der Waals surface area contributed by atoms with Crippen molar-refractivity contribution >= 4 is 15.0 Å². The number of carbonyl (C=O) groups is 1. The predicted molar refractivity (Wildman–Crippen MR) is 32.4 cm³/mol. The van der Waals surface area contributed by atoms with Gasteiger partial charge >= 0.3 is 9.08 Å². The molecule has 0 unspecified atom stereocenters. The number of nitrogens with zero attached hydrogens (tertiary/aromatic N) is 1. The van der Waals surface area contributed by atoms with Gasteiger partial charge in [0.25, 0.3) is 0 Å². The van der Waals surface area contributed by atoms with Gasteiger partial charge in [-0.2, -0.15) is 0 Å². The molecule has 0 aliphatic heterocycles. The molecule has 0 aliphatic rings. The van der Waals surface area contributed by atoms with Crippen molar-refractivity contribution in [3.8, 4) is 0 Å². The molecule has 0 aromatic heterocycles. The van der Waals surface area contributed by atoms with Crippen LogP contribution in [0.4, 0.5) is 12.3 Å². The Morgan fingerprint density at radius 3 is 2.00 bits per heavy atom. The first kappa shape index (κ1) is 9.48. The maximum Gasteiger partial charge on any atom is 0.636 e. The van der Waals surface area contributed by atoms with Gasteiger partial charge in [-0.15, -0.1) is 0 Å². The lowest BCUT2D eigenvalue weighted by Gasteiger charge is -2.14. The Labute approximate surface area is 58.2 Å². The minimum absolute atomic E-state index is 0.551. The molecule has 60 valence electrons. The summed E-state index contributed by atoms with van der Waals surface area (Å²) in [5, 5.41) is 0. The van der Waals surface area contributed by atoms with Gasteiger partial charge in [-0.3, -0.25) is 4.79 Å². The Balaban J connectivity index is 3.80. The molecule has 0 bridgehead atoms. The molecule has 0 rings (SSSR count). The third-order valence-electron chi connectivity index (χ3n) is 0.954. The maximum absolute atomic E-state index is 11.6. The molecule has 1 amide bonds. The van der Waals surface area contributed by atoms with Crippen LogP contribution in [0.1, 0.15) is 6.92 Å². The van der Waals surface area contributed by atoms with Crippen LogP contribution in [0.15, 0.2) is 0 Å². The van der Waals surface area contributed by atoms with Crippen LogP contribution in [0, 0.1) is 0 Å². The third-order valence-corrected chi connectivity index (χ3v) is 1.79. The Kier molecular flexibility index (Phi) is 2.88. The first-order chi connectivity index (χ1) is 4.33. The fourth-order valence-corrected chi connectivity index (χ4v) is 1.14. The highest BCUT2D eigenvalue weighted by Gasteiger charge is 2.38. The summed E-state index contributed by atoms with van der Waals surface area (Å²) in [7, 11) is -4.44. The smallest absolute Gasteiger partial charge is 0.341 e. The lowest BCUT2D eigenvalue weighted by atomic mass is 10.6. The van der Waals surface area contributed by atoms with Crippen molar-refractivity contribution in [1.29, 1.82) is 0 Å². The van der Waals surface area contributed by atoms with E-state index in [4.69, 9.17) is 0 Å². The standard InChI is InChI=1S/C4H8F3NOSi/c1-4(9)8(2)3-10(5,6)7/h3H2,1-2H3. The highest BCUT2D eigenvalue weighted by Crippen LogP contribution is 2.08. The summed E-state index contributed by atoms with van der Waals surface area (Å²) in [6.45, 7) is 1.11. The molecule has 0 heterocycles. The molecular weight excluding hydrogens is 163 g/mol. The van der Waals surface area contributed by atoms with Crippen LogP contribution in [0.25, 0.3) is 0 Å². The molecule has 0 aromatic rings. The van der Waals surface area contributed by atoms with Gasteiger partial charge in [-0.25, -0.2) is 12.3 Å². The summed E-state index contributed by atoms with van der Waals surface area (Å²) in [5.41, 5.74) is 0. The molecule has 0 aromatic carbocycles. The van der Waals surface area contributed by atoms with Crippen LogP contribution in [0.3, 0.4) is 0 Å². The lowest BCUT2D eigenvalue weighted by molar-refractivity contribution is -0.127. The molecule has 0 aliphatic carbocycles. The average molecular weight is 171 g/mol. The summed E-state index contributed by atoms with van der Waals surface area (Å²) >= 11 is 0. The lowest BCUT2D eigenvalue weighted by Crippen LogP contribution is -2.37. The van der Waals surface area contributed by atoms with E-state index >= 15 is 0 Å². The molecule has 10 heavy (non-hydrogen) atoms. The van der Waals surface area contributed by atoms with Crippen molar-refractivity contribution in [2.45, 2.75) is 6.92 Å². The minimum atomic E-state index is -5.58. The zero-order valence-corrected chi connectivity index (χ0v) is 6.70. The van der Waals surface area contributed by atoms with Gasteiger partial charge in [0.05, 0.1) is 0 Å². The van der Waals surface area contributed by atoms with Gasteiger partial charge in [0, 0.05) is 14.0 Å². The summed E-state index contributed by atoms with van der Waals surface area (Å²) < 4.78 is 34.8. The number of rotatable bonds is 2. The van der Waals surface area contributed by atoms with Crippen LogP contribution in [-0.2, 0) is 4.79 Å². The Morgan fingerprint density at radius 1 is 1.50 bits per heavy atom. The van der Waals surface area contributed by atoms with Crippen molar-refractivity contribution < 1.29 is 17.1 Å². The monoisotopic (exact) mass is 171 g/mol. The van der Waals surface area contributed by atoms with E-state index in [1.807, 2.05) is 0 Å². The van der Waals surface area contributed by atoms with E-state index in [-0.39, 0.29) is 0 Å². The molecule has 0 radical (unpaired) electrons. The van der Waals surface area contributed by atoms with Gasteiger partial charge in [0.1, 0.15) is 6.17 Å². The molecular formula is C4H8F3NOSi. The Bertz CT molecular complexity index is 135. The van der Waals surface area contributed by atoms with Crippen LogP contribution < -0.4 is 0 Å². The molecule has 0 spiro atoms. The fraction of sp³-hybridized carbons (Fsp3) is 0.750. The second-order valence-corrected chi connectivity index (χ2v) is 3.54. The molecule has 6 heteroatoms. The van der Waals surface area contributed by atoms with E-state index in [9.17, 15) is 17.1 Å². The van der Waals surface area contributed by atoms with Crippen molar-refractivity contribution in [1.82, 2.24) is 4.90 Å². The molecule has 0 N–H and O–H groups in total. The highest BCUT2D eigenvalue weighted by molar-refractivity contribution is 6.58. The van der Waals surface area contributed by atoms with Crippen molar-refractivity contribution in [2.75, 3.05) is 13.2 Å². The summed E-state index contributed by atoms with van der Waals surface area (Å²) in [6, 6.07) is 0. The van der Waals surface area contributed by atoms with E-state index in [0.29, 0.717) is 4.90 Å².